The predicted octanol–water partition coefficient (Wildman–Crippen LogP) is 2.28. The van der Waals surface area contributed by atoms with Gasteiger partial charge in [0.05, 0.1) is 26.9 Å². The average molecular weight is 280 g/mol. The number of nitrogens with two attached hydrogens (primary N) is 1. The molecule has 2 atom stereocenters. The highest BCUT2D eigenvalue weighted by Crippen LogP contribution is 2.30. The van der Waals surface area contributed by atoms with Crippen LogP contribution in [0, 0.1) is 0 Å². The Morgan fingerprint density at radius 3 is 2.75 bits per heavy atom. The molecule has 0 aliphatic heterocycles. The van der Waals surface area contributed by atoms with Crippen molar-refractivity contribution in [3.05, 3.63) is 18.0 Å². The van der Waals surface area contributed by atoms with Crippen LogP contribution in [0.4, 0.5) is 0 Å². The van der Waals surface area contributed by atoms with Crippen LogP contribution in [0.2, 0.25) is 0 Å². The summed E-state index contributed by atoms with van der Waals surface area (Å²) in [5.41, 5.74) is 6.92. The van der Waals surface area contributed by atoms with Gasteiger partial charge in [0.1, 0.15) is 5.69 Å². The number of aromatic nitrogens is 1. The van der Waals surface area contributed by atoms with E-state index in [0.717, 1.165) is 18.5 Å². The third-order valence-electron chi connectivity index (χ3n) is 3.80. The molecule has 2 N–H and O–H groups in total. The van der Waals surface area contributed by atoms with Crippen molar-refractivity contribution in [2.75, 3.05) is 14.2 Å². The molecule has 0 saturated heterocycles. The number of pyridine rings is 1. The zero-order chi connectivity index (χ0) is 14.4. The highest BCUT2D eigenvalue weighted by molar-refractivity contribution is 5.42. The molecule has 0 radical (unpaired) electrons. The molecule has 5 heteroatoms. The standard InChI is InChI=1S/C15H24N2O3/c1-18-14-8-9-17-12(15(14)19-2)10-20-13-7-5-3-4-6-11(13)16/h8-9,11,13H,3-7,10,16H2,1-2H3. The van der Waals surface area contributed by atoms with Crippen molar-refractivity contribution in [2.45, 2.75) is 50.9 Å². The Morgan fingerprint density at radius 2 is 2.00 bits per heavy atom. The molecule has 2 unspecified atom stereocenters. The van der Waals surface area contributed by atoms with Crippen molar-refractivity contribution >= 4 is 0 Å². The van der Waals surface area contributed by atoms with Crippen LogP contribution in [0.3, 0.4) is 0 Å². The Hall–Kier alpha value is -1.33. The van der Waals surface area contributed by atoms with E-state index in [0.29, 0.717) is 18.1 Å². The molecule has 1 fully saturated rings. The van der Waals surface area contributed by atoms with E-state index in [1.165, 1.54) is 19.3 Å². The van der Waals surface area contributed by atoms with E-state index in [-0.39, 0.29) is 12.1 Å². The van der Waals surface area contributed by atoms with Gasteiger partial charge in [0, 0.05) is 18.3 Å². The lowest BCUT2D eigenvalue weighted by Gasteiger charge is -2.22. The van der Waals surface area contributed by atoms with Crippen LogP contribution >= 0.6 is 0 Å². The van der Waals surface area contributed by atoms with Crippen LogP contribution in [-0.2, 0) is 11.3 Å². The number of rotatable bonds is 5. The van der Waals surface area contributed by atoms with Crippen LogP contribution in [0.15, 0.2) is 12.3 Å². The van der Waals surface area contributed by atoms with E-state index in [1.807, 2.05) is 0 Å². The molecule has 2 rings (SSSR count). The van der Waals surface area contributed by atoms with Gasteiger partial charge in [-0.05, 0) is 12.8 Å². The van der Waals surface area contributed by atoms with Crippen LogP contribution in [0.25, 0.3) is 0 Å². The van der Waals surface area contributed by atoms with E-state index in [1.54, 1.807) is 26.5 Å². The van der Waals surface area contributed by atoms with Gasteiger partial charge in [-0.3, -0.25) is 4.98 Å². The Balaban J connectivity index is 2.02. The van der Waals surface area contributed by atoms with Crippen molar-refractivity contribution in [2.24, 2.45) is 5.73 Å². The summed E-state index contributed by atoms with van der Waals surface area (Å²) in [6.07, 6.45) is 7.49. The molecule has 0 spiro atoms. The summed E-state index contributed by atoms with van der Waals surface area (Å²) < 4.78 is 16.6. The topological polar surface area (TPSA) is 66.6 Å². The van der Waals surface area contributed by atoms with Crippen molar-refractivity contribution < 1.29 is 14.2 Å². The first-order valence-corrected chi connectivity index (χ1v) is 7.19. The van der Waals surface area contributed by atoms with Gasteiger partial charge in [-0.2, -0.15) is 0 Å². The van der Waals surface area contributed by atoms with Gasteiger partial charge in [-0.15, -0.1) is 0 Å². The third kappa shape index (κ3) is 3.61. The minimum absolute atomic E-state index is 0.107. The Kier molecular flexibility index (Phi) is 5.61. The lowest BCUT2D eigenvalue weighted by Crippen LogP contribution is -2.35. The van der Waals surface area contributed by atoms with Crippen LogP contribution in [0.5, 0.6) is 11.5 Å². The number of ether oxygens (including phenoxy) is 3. The minimum atomic E-state index is 0.107. The average Bonchev–Trinajstić information content (AvgIpc) is 2.69. The zero-order valence-electron chi connectivity index (χ0n) is 12.3. The highest BCUT2D eigenvalue weighted by Gasteiger charge is 2.22. The number of hydrogen-bond donors (Lipinski definition) is 1. The first-order valence-electron chi connectivity index (χ1n) is 7.19. The second-order valence-electron chi connectivity index (χ2n) is 5.14. The zero-order valence-corrected chi connectivity index (χ0v) is 12.3. The van der Waals surface area contributed by atoms with Gasteiger partial charge in [-0.1, -0.05) is 19.3 Å². The molecule has 0 aromatic carbocycles. The summed E-state index contributed by atoms with van der Waals surface area (Å²) >= 11 is 0. The van der Waals surface area contributed by atoms with Gasteiger partial charge in [0.25, 0.3) is 0 Å². The Labute approximate surface area is 120 Å². The van der Waals surface area contributed by atoms with Gasteiger partial charge in [0.2, 0.25) is 0 Å². The maximum absolute atomic E-state index is 6.17. The molecule has 5 nitrogen and oxygen atoms in total. The Morgan fingerprint density at radius 1 is 1.20 bits per heavy atom. The summed E-state index contributed by atoms with van der Waals surface area (Å²) in [4.78, 5) is 4.32. The molecule has 1 aromatic heterocycles. The van der Waals surface area contributed by atoms with Crippen LogP contribution in [-0.4, -0.2) is 31.3 Å². The second kappa shape index (κ2) is 7.45. The summed E-state index contributed by atoms with van der Waals surface area (Å²) in [5.74, 6) is 1.31. The SMILES string of the molecule is COc1ccnc(COC2CCCCCC2N)c1OC. The lowest BCUT2D eigenvalue weighted by atomic mass is 10.1. The molecule has 1 heterocycles. The maximum atomic E-state index is 6.17. The van der Waals surface area contributed by atoms with Crippen molar-refractivity contribution in [3.63, 3.8) is 0 Å². The fourth-order valence-electron chi connectivity index (χ4n) is 2.65. The molecular weight excluding hydrogens is 256 g/mol. The molecule has 0 bridgehead atoms. The van der Waals surface area contributed by atoms with Crippen molar-refractivity contribution in [1.29, 1.82) is 0 Å². The van der Waals surface area contributed by atoms with Gasteiger partial charge in [-0.25, -0.2) is 0 Å². The number of hydrogen-bond acceptors (Lipinski definition) is 5. The summed E-state index contributed by atoms with van der Waals surface area (Å²) in [5, 5.41) is 0. The van der Waals surface area contributed by atoms with E-state index in [4.69, 9.17) is 19.9 Å². The molecule has 112 valence electrons. The molecule has 1 aliphatic carbocycles. The fourth-order valence-corrected chi connectivity index (χ4v) is 2.65. The number of nitrogens with zero attached hydrogens (tertiary/aromatic N) is 1. The highest BCUT2D eigenvalue weighted by atomic mass is 16.5. The molecule has 20 heavy (non-hydrogen) atoms. The van der Waals surface area contributed by atoms with E-state index in [2.05, 4.69) is 4.98 Å². The smallest absolute Gasteiger partial charge is 0.184 e. The first kappa shape index (κ1) is 15.1. The monoisotopic (exact) mass is 280 g/mol. The molecule has 1 aromatic rings. The van der Waals surface area contributed by atoms with Gasteiger partial charge in [0.15, 0.2) is 11.5 Å². The summed E-state index contributed by atoms with van der Waals surface area (Å²) in [7, 11) is 3.23. The van der Waals surface area contributed by atoms with E-state index in [9.17, 15) is 0 Å². The molecule has 1 saturated carbocycles. The fraction of sp³-hybridized carbons (Fsp3) is 0.667. The largest absolute Gasteiger partial charge is 0.493 e. The van der Waals surface area contributed by atoms with Crippen molar-refractivity contribution in [3.8, 4) is 11.5 Å². The van der Waals surface area contributed by atoms with Gasteiger partial charge < -0.3 is 19.9 Å². The van der Waals surface area contributed by atoms with Crippen LogP contribution in [0.1, 0.15) is 37.8 Å². The van der Waals surface area contributed by atoms with Crippen molar-refractivity contribution in [1.82, 2.24) is 4.98 Å². The Bertz CT molecular complexity index is 426. The van der Waals surface area contributed by atoms with E-state index >= 15 is 0 Å². The second-order valence-corrected chi connectivity index (χ2v) is 5.14. The van der Waals surface area contributed by atoms with Gasteiger partial charge >= 0.3 is 0 Å². The van der Waals surface area contributed by atoms with Crippen LogP contribution < -0.4 is 15.2 Å². The summed E-state index contributed by atoms with van der Waals surface area (Å²) in [6.45, 7) is 0.402. The molecule has 0 amide bonds. The normalized spacial score (nSPS) is 23.1. The summed E-state index contributed by atoms with van der Waals surface area (Å²) in [6, 6.07) is 1.90. The molecule has 1 aliphatic rings. The quantitative estimate of drug-likeness (QED) is 0.838. The number of methoxy groups -OCH3 is 2. The predicted molar refractivity (Wildman–Crippen MR) is 77.0 cm³/mol. The molecular formula is C15H24N2O3. The first-order chi connectivity index (χ1) is 9.76. The van der Waals surface area contributed by atoms with E-state index < -0.39 is 0 Å². The maximum Gasteiger partial charge on any atom is 0.184 e. The third-order valence-corrected chi connectivity index (χ3v) is 3.80. The minimum Gasteiger partial charge on any atom is -0.493 e. The lowest BCUT2D eigenvalue weighted by molar-refractivity contribution is 0.0167.